The highest BCUT2D eigenvalue weighted by Crippen LogP contribution is 2.24. The number of nitrogens with one attached hydrogen (secondary N) is 1. The third-order valence-corrected chi connectivity index (χ3v) is 4.63. The molecule has 1 N–H and O–H groups in total. The van der Waals surface area contributed by atoms with Gasteiger partial charge < -0.3 is 5.32 Å². The summed E-state index contributed by atoms with van der Waals surface area (Å²) < 4.78 is 24.0. The lowest BCUT2D eigenvalue weighted by molar-refractivity contribution is -0.128. The zero-order valence-corrected chi connectivity index (χ0v) is 13.0. The van der Waals surface area contributed by atoms with Gasteiger partial charge in [0.25, 0.3) is 0 Å². The smallest absolute Gasteiger partial charge is 0.248 e. The Morgan fingerprint density at radius 2 is 2.00 bits per heavy atom. The second-order valence-electron chi connectivity index (χ2n) is 5.31. The molecule has 1 unspecified atom stereocenters. The second kappa shape index (κ2) is 5.48. The molecule has 2 amide bonds. The van der Waals surface area contributed by atoms with E-state index in [1.54, 1.807) is 6.07 Å². The van der Waals surface area contributed by atoms with Crippen molar-refractivity contribution in [1.29, 1.82) is 0 Å². The van der Waals surface area contributed by atoms with Crippen LogP contribution in [0.2, 0.25) is 0 Å². The molecule has 2 rings (SSSR count). The lowest BCUT2D eigenvalue weighted by Crippen LogP contribution is -2.44. The van der Waals surface area contributed by atoms with Gasteiger partial charge in [0.05, 0.1) is 6.26 Å². The number of aryl methyl sites for hydroxylation is 2. The highest BCUT2D eigenvalue weighted by atomic mass is 32.2. The van der Waals surface area contributed by atoms with Crippen LogP contribution in [-0.2, 0) is 19.6 Å². The van der Waals surface area contributed by atoms with Crippen LogP contribution >= 0.6 is 0 Å². The molecule has 0 bridgehead atoms. The molecule has 1 atom stereocenters. The van der Waals surface area contributed by atoms with Gasteiger partial charge >= 0.3 is 0 Å². The highest BCUT2D eigenvalue weighted by Gasteiger charge is 2.41. The molecule has 1 heterocycles. The van der Waals surface area contributed by atoms with Crippen LogP contribution in [0.1, 0.15) is 24.0 Å². The fraction of sp³-hybridized carbons (Fsp3) is 0.429. The van der Waals surface area contributed by atoms with Crippen molar-refractivity contribution in [3.05, 3.63) is 29.3 Å². The molecule has 0 aliphatic carbocycles. The van der Waals surface area contributed by atoms with E-state index >= 15 is 0 Å². The Balaban J connectivity index is 2.22. The first-order valence-electron chi connectivity index (χ1n) is 6.60. The molecular weight excluding hydrogens is 292 g/mol. The van der Waals surface area contributed by atoms with Crippen molar-refractivity contribution in [3.63, 3.8) is 0 Å². The summed E-state index contributed by atoms with van der Waals surface area (Å²) in [7, 11) is -3.73. The Hall–Kier alpha value is -1.89. The van der Waals surface area contributed by atoms with E-state index in [1.165, 1.54) is 0 Å². The average molecular weight is 310 g/mol. The van der Waals surface area contributed by atoms with Crippen LogP contribution in [0.4, 0.5) is 5.69 Å². The number of amides is 2. The van der Waals surface area contributed by atoms with Crippen LogP contribution < -0.4 is 5.32 Å². The number of carbonyl (C=O) groups is 2. The summed E-state index contributed by atoms with van der Waals surface area (Å²) >= 11 is 0. The van der Waals surface area contributed by atoms with Gasteiger partial charge in [-0.25, -0.2) is 12.7 Å². The molecule has 1 saturated heterocycles. The molecule has 0 saturated carbocycles. The van der Waals surface area contributed by atoms with Gasteiger partial charge in [-0.3, -0.25) is 9.59 Å². The minimum atomic E-state index is -3.73. The molecule has 7 heteroatoms. The summed E-state index contributed by atoms with van der Waals surface area (Å²) in [5.74, 6) is -1.00. The summed E-state index contributed by atoms with van der Waals surface area (Å²) in [6.45, 7) is 3.80. The number of benzene rings is 1. The molecule has 0 radical (unpaired) electrons. The third-order valence-electron chi connectivity index (χ3n) is 3.46. The summed E-state index contributed by atoms with van der Waals surface area (Å²) in [5.41, 5.74) is 2.58. The van der Waals surface area contributed by atoms with Crippen molar-refractivity contribution in [3.8, 4) is 0 Å². The SMILES string of the molecule is Cc1ccc(NC(=O)C2CCC(=O)N2S(C)(=O)=O)c(C)c1. The van der Waals surface area contributed by atoms with E-state index in [0.717, 1.165) is 17.4 Å². The quantitative estimate of drug-likeness (QED) is 0.909. The molecular formula is C14H18N2O4S. The Labute approximate surface area is 124 Å². The number of sulfonamides is 1. The van der Waals surface area contributed by atoms with Gasteiger partial charge in [0.2, 0.25) is 21.8 Å². The van der Waals surface area contributed by atoms with E-state index in [9.17, 15) is 18.0 Å². The van der Waals surface area contributed by atoms with Crippen molar-refractivity contribution < 1.29 is 18.0 Å². The van der Waals surface area contributed by atoms with Crippen LogP contribution in [0.25, 0.3) is 0 Å². The van der Waals surface area contributed by atoms with Crippen molar-refractivity contribution in [2.45, 2.75) is 32.7 Å². The summed E-state index contributed by atoms with van der Waals surface area (Å²) in [5, 5.41) is 2.70. The molecule has 1 aliphatic heterocycles. The van der Waals surface area contributed by atoms with Gasteiger partial charge in [0.1, 0.15) is 6.04 Å². The largest absolute Gasteiger partial charge is 0.324 e. The first kappa shape index (κ1) is 15.5. The third kappa shape index (κ3) is 3.24. The molecule has 6 nitrogen and oxygen atoms in total. The molecule has 114 valence electrons. The predicted molar refractivity (Wildman–Crippen MR) is 79.3 cm³/mol. The van der Waals surface area contributed by atoms with E-state index in [-0.39, 0.29) is 12.8 Å². The average Bonchev–Trinajstić information content (AvgIpc) is 2.74. The standard InChI is InChI=1S/C14H18N2O4S/c1-9-4-5-11(10(2)8-9)15-14(18)12-6-7-13(17)16(12)21(3,19)20/h4-5,8,12H,6-7H2,1-3H3,(H,15,18). The van der Waals surface area contributed by atoms with E-state index < -0.39 is 27.9 Å². The summed E-state index contributed by atoms with van der Waals surface area (Å²) in [6, 6.07) is 4.58. The Bertz CT molecular complexity index is 697. The highest BCUT2D eigenvalue weighted by molar-refractivity contribution is 7.89. The summed E-state index contributed by atoms with van der Waals surface area (Å²) in [4.78, 5) is 24.0. The second-order valence-corrected chi connectivity index (χ2v) is 7.17. The minimum Gasteiger partial charge on any atom is -0.324 e. The fourth-order valence-electron chi connectivity index (χ4n) is 2.49. The number of carbonyl (C=O) groups excluding carboxylic acids is 2. The topological polar surface area (TPSA) is 83.6 Å². The Morgan fingerprint density at radius 1 is 1.33 bits per heavy atom. The molecule has 1 aliphatic rings. The van der Waals surface area contributed by atoms with Crippen LogP contribution in [0.5, 0.6) is 0 Å². The van der Waals surface area contributed by atoms with Gasteiger partial charge in [0.15, 0.2) is 0 Å². The first-order valence-corrected chi connectivity index (χ1v) is 8.45. The van der Waals surface area contributed by atoms with Gasteiger partial charge in [-0.1, -0.05) is 17.7 Å². The molecule has 21 heavy (non-hydrogen) atoms. The van der Waals surface area contributed by atoms with Gasteiger partial charge in [-0.05, 0) is 31.9 Å². The fourth-order valence-corrected chi connectivity index (χ4v) is 3.61. The Morgan fingerprint density at radius 3 is 2.57 bits per heavy atom. The number of hydrogen-bond donors (Lipinski definition) is 1. The monoisotopic (exact) mass is 310 g/mol. The summed E-state index contributed by atoms with van der Waals surface area (Å²) in [6.07, 6.45) is 1.22. The van der Waals surface area contributed by atoms with Crippen LogP contribution in [0, 0.1) is 13.8 Å². The van der Waals surface area contributed by atoms with Crippen molar-refractivity contribution in [2.24, 2.45) is 0 Å². The minimum absolute atomic E-state index is 0.0675. The lowest BCUT2D eigenvalue weighted by Gasteiger charge is -2.22. The van der Waals surface area contributed by atoms with Crippen molar-refractivity contribution in [2.75, 3.05) is 11.6 Å². The maximum Gasteiger partial charge on any atom is 0.248 e. The maximum absolute atomic E-state index is 12.3. The zero-order chi connectivity index (χ0) is 15.8. The first-order chi connectivity index (χ1) is 9.70. The number of hydrogen-bond acceptors (Lipinski definition) is 4. The van der Waals surface area contributed by atoms with Crippen LogP contribution in [0.15, 0.2) is 18.2 Å². The molecule has 0 spiro atoms. The number of anilines is 1. The molecule has 1 aromatic rings. The Kier molecular flexibility index (Phi) is 4.04. The lowest BCUT2D eigenvalue weighted by atomic mass is 10.1. The van der Waals surface area contributed by atoms with Gasteiger partial charge in [0, 0.05) is 12.1 Å². The zero-order valence-electron chi connectivity index (χ0n) is 12.2. The number of rotatable bonds is 3. The normalized spacial score (nSPS) is 18.9. The molecule has 1 aromatic carbocycles. The number of nitrogens with zero attached hydrogens (tertiary/aromatic N) is 1. The van der Waals surface area contributed by atoms with Crippen LogP contribution in [-0.4, -0.2) is 36.8 Å². The van der Waals surface area contributed by atoms with E-state index in [0.29, 0.717) is 9.99 Å². The van der Waals surface area contributed by atoms with Gasteiger partial charge in [-0.15, -0.1) is 0 Å². The van der Waals surface area contributed by atoms with Gasteiger partial charge in [-0.2, -0.15) is 0 Å². The molecule has 1 fully saturated rings. The molecule has 0 aromatic heterocycles. The van der Waals surface area contributed by atoms with Crippen LogP contribution in [0.3, 0.4) is 0 Å². The van der Waals surface area contributed by atoms with E-state index in [4.69, 9.17) is 0 Å². The van der Waals surface area contributed by atoms with E-state index in [1.807, 2.05) is 26.0 Å². The van der Waals surface area contributed by atoms with Crippen molar-refractivity contribution >= 4 is 27.5 Å². The predicted octanol–water partition coefficient (Wildman–Crippen LogP) is 1.19. The van der Waals surface area contributed by atoms with Crippen molar-refractivity contribution in [1.82, 2.24) is 4.31 Å². The maximum atomic E-state index is 12.3. The van der Waals surface area contributed by atoms with E-state index in [2.05, 4.69) is 5.32 Å².